The number of benzene rings is 1. The maximum Gasteiger partial charge on any atom is 0.552 e. The van der Waals surface area contributed by atoms with Crippen LogP contribution < -0.4 is 10.6 Å². The van der Waals surface area contributed by atoms with E-state index in [1.54, 1.807) is 0 Å². The standard InChI is InChI=1S/C18H21BClFN2O7/c1-9(2)5-14(19-29-13(7-16(25)26)18(28)30-19)23-15(24)8-22-17(27)11-6-10(20)3-4-12(11)21/h3-4,6,9,13-14H,5,7-8H2,1-2H3,(H,22,27)(H,23,24)(H,25,26)/t13-,14?/m0/s1. The lowest BCUT2D eigenvalue weighted by Crippen LogP contribution is -2.50. The molecule has 0 aromatic heterocycles. The molecule has 0 radical (unpaired) electrons. The Bertz CT molecular complexity index is 839. The first-order chi connectivity index (χ1) is 14.1. The summed E-state index contributed by atoms with van der Waals surface area (Å²) in [7, 11) is -1.16. The third-order valence-corrected chi connectivity index (χ3v) is 4.37. The van der Waals surface area contributed by atoms with E-state index in [1.165, 1.54) is 6.07 Å². The summed E-state index contributed by atoms with van der Waals surface area (Å²) in [6, 6.07) is 3.47. The molecule has 1 aromatic rings. The van der Waals surface area contributed by atoms with Crippen LogP contribution in [0.4, 0.5) is 4.39 Å². The first-order valence-corrected chi connectivity index (χ1v) is 9.55. The first-order valence-electron chi connectivity index (χ1n) is 9.17. The van der Waals surface area contributed by atoms with E-state index >= 15 is 0 Å². The van der Waals surface area contributed by atoms with Crippen LogP contribution in [0.2, 0.25) is 5.02 Å². The zero-order chi connectivity index (χ0) is 22.4. The molecule has 2 amide bonds. The van der Waals surface area contributed by atoms with E-state index in [4.69, 9.17) is 26.0 Å². The molecule has 0 aliphatic carbocycles. The van der Waals surface area contributed by atoms with Crippen LogP contribution in [-0.2, 0) is 23.7 Å². The fourth-order valence-electron chi connectivity index (χ4n) is 2.83. The van der Waals surface area contributed by atoms with Crippen molar-refractivity contribution in [2.24, 2.45) is 5.92 Å². The first kappa shape index (κ1) is 23.6. The van der Waals surface area contributed by atoms with Crippen LogP contribution in [0.5, 0.6) is 0 Å². The zero-order valence-electron chi connectivity index (χ0n) is 16.3. The van der Waals surface area contributed by atoms with Crippen molar-refractivity contribution in [2.45, 2.75) is 38.7 Å². The molecular formula is C18H21BClFN2O7. The van der Waals surface area contributed by atoms with E-state index in [1.807, 2.05) is 13.8 Å². The topological polar surface area (TPSA) is 131 Å². The Morgan fingerprint density at radius 1 is 1.33 bits per heavy atom. The van der Waals surface area contributed by atoms with Crippen molar-refractivity contribution < 1.29 is 38.0 Å². The minimum atomic E-state index is -1.26. The molecule has 12 heteroatoms. The maximum atomic E-state index is 13.7. The summed E-state index contributed by atoms with van der Waals surface area (Å²) in [6.07, 6.45) is -1.45. The summed E-state index contributed by atoms with van der Waals surface area (Å²) < 4.78 is 24.2. The molecule has 1 heterocycles. The van der Waals surface area contributed by atoms with Crippen molar-refractivity contribution in [3.8, 4) is 0 Å². The van der Waals surface area contributed by atoms with Crippen molar-refractivity contribution in [3.63, 3.8) is 0 Å². The van der Waals surface area contributed by atoms with Gasteiger partial charge in [-0.15, -0.1) is 0 Å². The Hall–Kier alpha value is -2.66. The normalized spacial score (nSPS) is 16.9. The van der Waals surface area contributed by atoms with Crippen LogP contribution >= 0.6 is 11.6 Å². The summed E-state index contributed by atoms with van der Waals surface area (Å²) in [6.45, 7) is 3.27. The average Bonchev–Trinajstić information content (AvgIpc) is 3.00. The number of nitrogens with one attached hydrogen (secondary N) is 2. The third kappa shape index (κ3) is 6.70. The second kappa shape index (κ2) is 10.4. The van der Waals surface area contributed by atoms with Gasteiger partial charge in [-0.1, -0.05) is 25.4 Å². The lowest BCUT2D eigenvalue weighted by molar-refractivity contribution is -0.145. The molecule has 1 unspecified atom stereocenters. The second-order valence-electron chi connectivity index (χ2n) is 7.14. The van der Waals surface area contributed by atoms with Gasteiger partial charge in [0.25, 0.3) is 5.91 Å². The molecule has 1 saturated heterocycles. The molecular weight excluding hydrogens is 421 g/mol. The van der Waals surface area contributed by atoms with E-state index in [-0.39, 0.29) is 16.5 Å². The van der Waals surface area contributed by atoms with Gasteiger partial charge in [-0.25, -0.2) is 4.39 Å². The van der Waals surface area contributed by atoms with Gasteiger partial charge in [-0.2, -0.15) is 0 Å². The smallest absolute Gasteiger partial charge is 0.506 e. The minimum Gasteiger partial charge on any atom is -0.506 e. The van der Waals surface area contributed by atoms with Gasteiger partial charge in [0.15, 0.2) is 6.10 Å². The van der Waals surface area contributed by atoms with E-state index < -0.39 is 61.7 Å². The predicted octanol–water partition coefficient (Wildman–Crippen LogP) is 1.18. The zero-order valence-corrected chi connectivity index (χ0v) is 17.1. The fraction of sp³-hybridized carbons (Fsp3) is 0.444. The largest absolute Gasteiger partial charge is 0.552 e. The number of hydrogen-bond donors (Lipinski definition) is 3. The SMILES string of the molecule is CC(C)CC(NC(=O)CNC(=O)c1cc(Cl)ccc1F)B1OC(=O)[C@H](CC(=O)O)O1. The monoisotopic (exact) mass is 442 g/mol. The van der Waals surface area contributed by atoms with Crippen molar-refractivity contribution >= 4 is 42.5 Å². The highest BCUT2D eigenvalue weighted by Gasteiger charge is 2.46. The predicted molar refractivity (Wildman–Crippen MR) is 104 cm³/mol. The Balaban J connectivity index is 1.97. The van der Waals surface area contributed by atoms with E-state index in [0.717, 1.165) is 12.1 Å². The minimum absolute atomic E-state index is 0.0753. The fourth-order valence-corrected chi connectivity index (χ4v) is 3.01. The van der Waals surface area contributed by atoms with Gasteiger partial charge in [0.05, 0.1) is 24.5 Å². The molecule has 1 fully saturated rings. The van der Waals surface area contributed by atoms with Gasteiger partial charge < -0.3 is 25.0 Å². The molecule has 1 aromatic carbocycles. The van der Waals surface area contributed by atoms with Crippen LogP contribution in [0, 0.1) is 11.7 Å². The number of rotatable bonds is 9. The maximum absolute atomic E-state index is 13.7. The lowest BCUT2D eigenvalue weighted by atomic mass is 9.74. The van der Waals surface area contributed by atoms with E-state index in [2.05, 4.69) is 10.6 Å². The van der Waals surface area contributed by atoms with Crippen LogP contribution in [-0.4, -0.2) is 54.6 Å². The summed E-state index contributed by atoms with van der Waals surface area (Å²) in [5.74, 6) is -4.97. The summed E-state index contributed by atoms with van der Waals surface area (Å²) in [4.78, 5) is 47.0. The molecule has 162 valence electrons. The molecule has 9 nitrogen and oxygen atoms in total. The highest BCUT2D eigenvalue weighted by molar-refractivity contribution is 6.51. The number of amides is 2. The van der Waals surface area contributed by atoms with Crippen molar-refractivity contribution in [3.05, 3.63) is 34.6 Å². The molecule has 1 aliphatic rings. The van der Waals surface area contributed by atoms with Crippen molar-refractivity contribution in [1.82, 2.24) is 10.6 Å². The van der Waals surface area contributed by atoms with Crippen LogP contribution in [0.1, 0.15) is 37.0 Å². The molecule has 0 bridgehead atoms. The van der Waals surface area contributed by atoms with Crippen LogP contribution in [0.15, 0.2) is 18.2 Å². The van der Waals surface area contributed by atoms with Gasteiger partial charge in [-0.3, -0.25) is 19.2 Å². The van der Waals surface area contributed by atoms with Crippen molar-refractivity contribution in [1.29, 1.82) is 0 Å². The number of hydrogen-bond acceptors (Lipinski definition) is 6. The highest BCUT2D eigenvalue weighted by atomic mass is 35.5. The molecule has 0 saturated carbocycles. The number of carboxylic acid groups (broad SMARTS) is 1. The quantitative estimate of drug-likeness (QED) is 0.489. The van der Waals surface area contributed by atoms with Gasteiger partial charge in [-0.05, 0) is 30.5 Å². The highest BCUT2D eigenvalue weighted by Crippen LogP contribution is 2.19. The number of carboxylic acids is 1. The number of aliphatic carboxylic acids is 1. The second-order valence-corrected chi connectivity index (χ2v) is 7.57. The molecule has 0 spiro atoms. The van der Waals surface area contributed by atoms with Gasteiger partial charge in [0.1, 0.15) is 5.82 Å². The molecule has 1 aliphatic heterocycles. The number of carbonyl (C=O) groups is 4. The Kier molecular flexibility index (Phi) is 8.19. The molecule has 2 rings (SSSR count). The van der Waals surface area contributed by atoms with Crippen LogP contribution in [0.3, 0.4) is 0 Å². The van der Waals surface area contributed by atoms with Gasteiger partial charge in [0.2, 0.25) is 5.91 Å². The Morgan fingerprint density at radius 2 is 2.03 bits per heavy atom. The average molecular weight is 443 g/mol. The number of halogens is 2. The van der Waals surface area contributed by atoms with Gasteiger partial charge in [0, 0.05) is 5.02 Å². The third-order valence-electron chi connectivity index (χ3n) is 4.14. The Morgan fingerprint density at radius 3 is 2.67 bits per heavy atom. The van der Waals surface area contributed by atoms with Gasteiger partial charge >= 0.3 is 19.1 Å². The summed E-state index contributed by atoms with van der Waals surface area (Å²) in [5.41, 5.74) is -0.307. The van der Waals surface area contributed by atoms with E-state index in [0.29, 0.717) is 6.42 Å². The summed E-state index contributed by atoms with van der Waals surface area (Å²) >= 11 is 5.75. The van der Waals surface area contributed by atoms with Crippen molar-refractivity contribution in [2.75, 3.05) is 6.54 Å². The molecule has 2 atom stereocenters. The molecule has 30 heavy (non-hydrogen) atoms. The summed E-state index contributed by atoms with van der Waals surface area (Å²) in [5, 5.41) is 13.9. The van der Waals surface area contributed by atoms with E-state index in [9.17, 15) is 23.6 Å². The molecule has 3 N–H and O–H groups in total. The lowest BCUT2D eigenvalue weighted by Gasteiger charge is -2.21. The Labute approximate surface area is 177 Å². The van der Waals surface area contributed by atoms with Crippen LogP contribution in [0.25, 0.3) is 0 Å². The number of carbonyl (C=O) groups excluding carboxylic acids is 3.